The number of hydrogen-bond acceptors (Lipinski definition) is 2. The normalized spacial score (nSPS) is 20.2. The van der Waals surface area contributed by atoms with Crippen LogP contribution < -0.4 is 5.73 Å². The van der Waals surface area contributed by atoms with Gasteiger partial charge in [-0.05, 0) is 43.6 Å². The Hall–Kier alpha value is -1.35. The molecule has 1 aliphatic rings. The van der Waals surface area contributed by atoms with Crippen LogP contribution in [-0.2, 0) is 9.53 Å². The molecular weight excluding hydrogens is 370 g/mol. The van der Waals surface area contributed by atoms with Gasteiger partial charge in [0.1, 0.15) is 0 Å². The Balaban J connectivity index is 1.89. The van der Waals surface area contributed by atoms with Crippen LogP contribution in [0.1, 0.15) is 115 Å². The van der Waals surface area contributed by atoms with Crippen LogP contribution in [0.5, 0.6) is 0 Å². The van der Waals surface area contributed by atoms with Gasteiger partial charge < -0.3 is 10.5 Å². The summed E-state index contributed by atoms with van der Waals surface area (Å²) < 4.78 is 6.45. The van der Waals surface area contributed by atoms with Crippen LogP contribution >= 0.6 is 0 Å². The van der Waals surface area contributed by atoms with Crippen molar-refractivity contribution in [2.24, 2.45) is 11.7 Å². The molecule has 1 saturated heterocycles. The third-order valence-corrected chi connectivity index (χ3v) is 6.74. The predicted octanol–water partition coefficient (Wildman–Crippen LogP) is 7.14. The summed E-state index contributed by atoms with van der Waals surface area (Å²) in [5.41, 5.74) is 6.70. The number of benzene rings is 1. The fourth-order valence-corrected chi connectivity index (χ4v) is 5.04. The van der Waals surface area contributed by atoms with Crippen molar-refractivity contribution >= 4 is 5.91 Å². The molecule has 30 heavy (non-hydrogen) atoms. The molecule has 170 valence electrons. The lowest BCUT2D eigenvalue weighted by Gasteiger charge is -2.38. The van der Waals surface area contributed by atoms with Crippen LogP contribution in [0.3, 0.4) is 0 Å². The molecule has 3 atom stereocenters. The molecule has 2 N–H and O–H groups in total. The lowest BCUT2D eigenvalue weighted by molar-refractivity contribution is -0.118. The van der Waals surface area contributed by atoms with Crippen LogP contribution in [0.2, 0.25) is 0 Å². The molecule has 1 heterocycles. The van der Waals surface area contributed by atoms with Crippen molar-refractivity contribution in [3.8, 4) is 0 Å². The van der Waals surface area contributed by atoms with E-state index in [2.05, 4.69) is 37.3 Å². The van der Waals surface area contributed by atoms with E-state index in [1.54, 1.807) is 0 Å². The Bertz CT molecular complexity index is 559. The molecule has 3 nitrogen and oxygen atoms in total. The molecule has 1 amide bonds. The molecule has 1 aromatic carbocycles. The van der Waals surface area contributed by atoms with Gasteiger partial charge in [0.25, 0.3) is 0 Å². The minimum atomic E-state index is -0.176. The Kier molecular flexibility index (Phi) is 12.8. The van der Waals surface area contributed by atoms with Gasteiger partial charge in [0.2, 0.25) is 5.91 Å². The summed E-state index contributed by atoms with van der Waals surface area (Å²) in [4.78, 5) is 10.9. The second-order valence-corrected chi connectivity index (χ2v) is 9.23. The molecule has 1 fully saturated rings. The number of rotatable bonds is 16. The average Bonchev–Trinajstić information content (AvgIpc) is 2.76. The molecule has 1 aliphatic heterocycles. The van der Waals surface area contributed by atoms with E-state index in [9.17, 15) is 4.79 Å². The van der Waals surface area contributed by atoms with E-state index in [1.807, 2.05) is 0 Å². The topological polar surface area (TPSA) is 52.3 Å². The van der Waals surface area contributed by atoms with E-state index in [1.165, 1.54) is 82.6 Å². The molecular formula is C27H45NO2. The molecule has 0 aromatic heterocycles. The Morgan fingerprint density at radius 3 is 2.47 bits per heavy atom. The standard InChI is InChI=1S/C27H45NO2/c1-2-3-4-5-6-10-18-24-19-15-22-30-27(24)25(23-16-11-9-12-17-23)20-13-7-8-14-21-26(28)29/h9,11-12,16-17,24-25,27H,2-8,10,13-15,18-22H2,1H3,(H2,28,29). The van der Waals surface area contributed by atoms with Gasteiger partial charge in [-0.2, -0.15) is 0 Å². The van der Waals surface area contributed by atoms with Crippen LogP contribution in [0.4, 0.5) is 0 Å². The van der Waals surface area contributed by atoms with Crippen molar-refractivity contribution in [3.05, 3.63) is 35.9 Å². The lowest BCUT2D eigenvalue weighted by atomic mass is 9.77. The summed E-state index contributed by atoms with van der Waals surface area (Å²) in [5, 5.41) is 0. The van der Waals surface area contributed by atoms with Gasteiger partial charge in [0.15, 0.2) is 0 Å². The molecule has 3 heteroatoms. The highest BCUT2D eigenvalue weighted by atomic mass is 16.5. The number of hydrogen-bond donors (Lipinski definition) is 1. The zero-order valence-corrected chi connectivity index (χ0v) is 19.3. The summed E-state index contributed by atoms with van der Waals surface area (Å²) in [6, 6.07) is 11.0. The van der Waals surface area contributed by atoms with Crippen LogP contribution in [-0.4, -0.2) is 18.6 Å². The van der Waals surface area contributed by atoms with Gasteiger partial charge in [-0.3, -0.25) is 4.79 Å². The smallest absolute Gasteiger partial charge is 0.217 e. The maximum Gasteiger partial charge on any atom is 0.217 e. The first kappa shape index (κ1) is 24.9. The number of amides is 1. The van der Waals surface area contributed by atoms with Gasteiger partial charge in [0, 0.05) is 18.9 Å². The first-order valence-corrected chi connectivity index (χ1v) is 12.7. The minimum absolute atomic E-state index is 0.176. The van der Waals surface area contributed by atoms with Gasteiger partial charge >= 0.3 is 0 Å². The predicted molar refractivity (Wildman–Crippen MR) is 127 cm³/mol. The number of carbonyl (C=O) groups is 1. The lowest BCUT2D eigenvalue weighted by Crippen LogP contribution is -2.35. The van der Waals surface area contributed by atoms with Gasteiger partial charge in [-0.25, -0.2) is 0 Å². The monoisotopic (exact) mass is 415 g/mol. The fraction of sp³-hybridized carbons (Fsp3) is 0.741. The van der Waals surface area contributed by atoms with E-state index in [-0.39, 0.29) is 5.91 Å². The maximum absolute atomic E-state index is 10.9. The molecule has 0 saturated carbocycles. The van der Waals surface area contributed by atoms with Gasteiger partial charge in [-0.1, -0.05) is 95.0 Å². The van der Waals surface area contributed by atoms with Crippen LogP contribution in [0, 0.1) is 5.92 Å². The molecule has 0 aliphatic carbocycles. The maximum atomic E-state index is 10.9. The second-order valence-electron chi connectivity index (χ2n) is 9.23. The van der Waals surface area contributed by atoms with Gasteiger partial charge in [-0.15, -0.1) is 0 Å². The summed E-state index contributed by atoms with van der Waals surface area (Å²) in [6.07, 6.45) is 18.5. The van der Waals surface area contributed by atoms with Crippen molar-refractivity contribution in [1.29, 1.82) is 0 Å². The molecule has 0 radical (unpaired) electrons. The Morgan fingerprint density at radius 2 is 1.70 bits per heavy atom. The van der Waals surface area contributed by atoms with Crippen LogP contribution in [0.15, 0.2) is 30.3 Å². The zero-order chi connectivity index (χ0) is 21.4. The van der Waals surface area contributed by atoms with Crippen molar-refractivity contribution in [2.75, 3.05) is 6.61 Å². The second kappa shape index (κ2) is 15.5. The third-order valence-electron chi connectivity index (χ3n) is 6.74. The quantitative estimate of drug-likeness (QED) is 0.292. The van der Waals surface area contributed by atoms with Crippen molar-refractivity contribution in [2.45, 2.75) is 115 Å². The molecule has 0 bridgehead atoms. The SMILES string of the molecule is CCCCCCCCC1CCCOC1C(CCCCCCC(N)=O)c1ccccc1. The number of unbranched alkanes of at least 4 members (excludes halogenated alkanes) is 8. The molecule has 2 rings (SSSR count). The van der Waals surface area contributed by atoms with Crippen molar-refractivity contribution < 1.29 is 9.53 Å². The highest BCUT2D eigenvalue weighted by Gasteiger charge is 2.33. The highest BCUT2D eigenvalue weighted by Crippen LogP contribution is 2.38. The van der Waals surface area contributed by atoms with E-state index in [0.717, 1.165) is 19.4 Å². The molecule has 0 spiro atoms. The largest absolute Gasteiger partial charge is 0.377 e. The number of ether oxygens (including phenoxy) is 1. The van der Waals surface area contributed by atoms with Crippen LogP contribution in [0.25, 0.3) is 0 Å². The summed E-state index contributed by atoms with van der Waals surface area (Å²) >= 11 is 0. The third kappa shape index (κ3) is 9.64. The van der Waals surface area contributed by atoms with Gasteiger partial charge in [0.05, 0.1) is 6.10 Å². The van der Waals surface area contributed by atoms with E-state index in [0.29, 0.717) is 24.4 Å². The summed E-state index contributed by atoms with van der Waals surface area (Å²) in [5.74, 6) is 1.02. The molecule has 3 unspecified atom stereocenters. The Labute approximate surface area is 185 Å². The van der Waals surface area contributed by atoms with Crippen molar-refractivity contribution in [1.82, 2.24) is 0 Å². The first-order valence-electron chi connectivity index (χ1n) is 12.7. The number of primary amides is 1. The fourth-order valence-electron chi connectivity index (χ4n) is 5.04. The minimum Gasteiger partial charge on any atom is -0.377 e. The molecule has 1 aromatic rings. The average molecular weight is 416 g/mol. The van der Waals surface area contributed by atoms with E-state index in [4.69, 9.17) is 10.5 Å². The summed E-state index contributed by atoms with van der Waals surface area (Å²) in [7, 11) is 0. The number of nitrogens with two attached hydrogens (primary N) is 1. The summed E-state index contributed by atoms with van der Waals surface area (Å²) in [6.45, 7) is 3.20. The van der Waals surface area contributed by atoms with E-state index < -0.39 is 0 Å². The number of carbonyl (C=O) groups excluding carboxylic acids is 1. The van der Waals surface area contributed by atoms with E-state index >= 15 is 0 Å². The highest BCUT2D eigenvalue weighted by molar-refractivity contribution is 5.73. The Morgan fingerprint density at radius 1 is 1.00 bits per heavy atom. The van der Waals surface area contributed by atoms with Crippen molar-refractivity contribution in [3.63, 3.8) is 0 Å². The zero-order valence-electron chi connectivity index (χ0n) is 19.3. The first-order chi connectivity index (χ1) is 14.7.